The Hall–Kier alpha value is -2.07. The largest absolute Gasteiger partial charge is 0.411 e. The van der Waals surface area contributed by atoms with E-state index in [1.54, 1.807) is 11.8 Å². The molecule has 0 radical (unpaired) electrons. The molecule has 23 heavy (non-hydrogen) atoms. The molecule has 0 N–H and O–H groups in total. The minimum absolute atomic E-state index is 0.599. The van der Waals surface area contributed by atoms with E-state index >= 15 is 0 Å². The molecule has 0 aliphatic rings. The van der Waals surface area contributed by atoms with Gasteiger partial charge in [0.1, 0.15) is 0 Å². The van der Waals surface area contributed by atoms with E-state index < -0.39 is 0 Å². The number of benzene rings is 2. The van der Waals surface area contributed by atoms with Crippen LogP contribution >= 0.6 is 11.8 Å². The molecule has 3 rings (SSSR count). The van der Waals surface area contributed by atoms with Crippen LogP contribution < -0.4 is 0 Å². The third-order valence-electron chi connectivity index (χ3n) is 3.55. The van der Waals surface area contributed by atoms with E-state index in [4.69, 9.17) is 4.42 Å². The summed E-state index contributed by atoms with van der Waals surface area (Å²) < 4.78 is 5.77. The molecule has 0 atom stereocenters. The standard InChI is InChI=1S/C19H20N2OS/c1-14-11-15(2)13-17(12-14)18-20-21-19(22-18)23-10-6-9-16-7-4-3-5-8-16/h3-5,7-8,11-13H,6,9-10H2,1-2H3. The zero-order valence-electron chi connectivity index (χ0n) is 13.5. The second-order valence-electron chi connectivity index (χ2n) is 5.69. The molecule has 118 valence electrons. The fourth-order valence-electron chi connectivity index (χ4n) is 2.56. The Balaban J connectivity index is 1.55. The fourth-order valence-corrected chi connectivity index (χ4v) is 3.26. The molecule has 0 saturated carbocycles. The van der Waals surface area contributed by atoms with E-state index in [-0.39, 0.29) is 0 Å². The summed E-state index contributed by atoms with van der Waals surface area (Å²) in [7, 11) is 0. The van der Waals surface area contributed by atoms with Gasteiger partial charge in [0.15, 0.2) is 0 Å². The van der Waals surface area contributed by atoms with E-state index in [9.17, 15) is 0 Å². The predicted molar refractivity (Wildman–Crippen MR) is 94.7 cm³/mol. The van der Waals surface area contributed by atoms with Gasteiger partial charge in [-0.2, -0.15) is 0 Å². The molecule has 1 aromatic heterocycles. The van der Waals surface area contributed by atoms with Crippen molar-refractivity contribution < 1.29 is 4.42 Å². The summed E-state index contributed by atoms with van der Waals surface area (Å²) in [5.41, 5.74) is 4.77. The van der Waals surface area contributed by atoms with Crippen LogP contribution in [0.3, 0.4) is 0 Å². The van der Waals surface area contributed by atoms with E-state index in [1.807, 2.05) is 6.07 Å². The maximum Gasteiger partial charge on any atom is 0.276 e. The molecule has 0 saturated heterocycles. The summed E-state index contributed by atoms with van der Waals surface area (Å²) in [6.07, 6.45) is 2.17. The second-order valence-corrected chi connectivity index (χ2v) is 6.73. The molecule has 0 bridgehead atoms. The van der Waals surface area contributed by atoms with Crippen molar-refractivity contribution in [1.82, 2.24) is 10.2 Å². The Morgan fingerprint density at radius 3 is 2.43 bits per heavy atom. The molecule has 2 aromatic carbocycles. The molecule has 0 amide bonds. The van der Waals surface area contributed by atoms with Crippen molar-refractivity contribution >= 4 is 11.8 Å². The highest BCUT2D eigenvalue weighted by Crippen LogP contribution is 2.25. The smallest absolute Gasteiger partial charge is 0.276 e. The Labute approximate surface area is 141 Å². The molecular formula is C19H20N2OS. The Bertz CT molecular complexity index is 748. The van der Waals surface area contributed by atoms with Crippen molar-refractivity contribution in [2.24, 2.45) is 0 Å². The monoisotopic (exact) mass is 324 g/mol. The molecule has 0 aliphatic heterocycles. The van der Waals surface area contributed by atoms with Gasteiger partial charge in [-0.1, -0.05) is 59.3 Å². The van der Waals surface area contributed by atoms with Gasteiger partial charge in [-0.25, -0.2) is 0 Å². The SMILES string of the molecule is Cc1cc(C)cc(-c2nnc(SCCCc3ccccc3)o2)c1. The zero-order valence-corrected chi connectivity index (χ0v) is 14.3. The van der Waals surface area contributed by atoms with E-state index in [1.165, 1.54) is 16.7 Å². The molecule has 3 aromatic rings. The van der Waals surface area contributed by atoms with Crippen LogP contribution in [0.2, 0.25) is 0 Å². The minimum Gasteiger partial charge on any atom is -0.411 e. The lowest BCUT2D eigenvalue weighted by Gasteiger charge is -2.00. The van der Waals surface area contributed by atoms with Crippen LogP contribution in [0.5, 0.6) is 0 Å². The van der Waals surface area contributed by atoms with Crippen molar-refractivity contribution in [3.05, 3.63) is 65.2 Å². The number of hydrogen-bond donors (Lipinski definition) is 0. The summed E-state index contributed by atoms with van der Waals surface area (Å²) in [6.45, 7) is 4.15. The highest BCUT2D eigenvalue weighted by atomic mass is 32.2. The Morgan fingerprint density at radius 2 is 1.70 bits per heavy atom. The van der Waals surface area contributed by atoms with Crippen LogP contribution in [0.4, 0.5) is 0 Å². The molecule has 3 nitrogen and oxygen atoms in total. The molecular weight excluding hydrogens is 304 g/mol. The van der Waals surface area contributed by atoms with Crippen molar-refractivity contribution in [3.8, 4) is 11.5 Å². The molecule has 0 aliphatic carbocycles. The maximum atomic E-state index is 5.77. The van der Waals surface area contributed by atoms with E-state index in [2.05, 4.69) is 66.5 Å². The minimum atomic E-state index is 0.599. The van der Waals surface area contributed by atoms with Crippen LogP contribution in [0, 0.1) is 13.8 Å². The average Bonchev–Trinajstić information content (AvgIpc) is 3.01. The fraction of sp³-hybridized carbons (Fsp3) is 0.263. The van der Waals surface area contributed by atoms with Crippen LogP contribution in [0.15, 0.2) is 58.2 Å². The summed E-state index contributed by atoms with van der Waals surface area (Å²) in [6, 6.07) is 16.8. The van der Waals surface area contributed by atoms with Gasteiger partial charge in [0.25, 0.3) is 5.22 Å². The van der Waals surface area contributed by atoms with Crippen LogP contribution in [0.25, 0.3) is 11.5 Å². The maximum absolute atomic E-state index is 5.77. The Morgan fingerprint density at radius 1 is 0.957 bits per heavy atom. The van der Waals surface area contributed by atoms with E-state index in [0.29, 0.717) is 11.1 Å². The number of aromatic nitrogens is 2. The summed E-state index contributed by atoms with van der Waals surface area (Å²) in [5.74, 6) is 1.57. The lowest BCUT2D eigenvalue weighted by molar-refractivity contribution is 0.465. The van der Waals surface area contributed by atoms with Crippen LogP contribution in [-0.4, -0.2) is 16.0 Å². The third kappa shape index (κ3) is 4.45. The highest BCUT2D eigenvalue weighted by molar-refractivity contribution is 7.99. The van der Waals surface area contributed by atoms with Gasteiger partial charge < -0.3 is 4.42 Å². The van der Waals surface area contributed by atoms with Crippen LogP contribution in [0.1, 0.15) is 23.1 Å². The predicted octanol–water partition coefficient (Wildman–Crippen LogP) is 5.08. The van der Waals surface area contributed by atoms with Gasteiger partial charge in [0, 0.05) is 11.3 Å². The van der Waals surface area contributed by atoms with E-state index in [0.717, 1.165) is 24.2 Å². The molecule has 0 fully saturated rings. The first-order chi connectivity index (χ1) is 11.2. The highest BCUT2D eigenvalue weighted by Gasteiger charge is 2.09. The van der Waals surface area contributed by atoms with Gasteiger partial charge in [-0.3, -0.25) is 0 Å². The average molecular weight is 324 g/mol. The van der Waals surface area contributed by atoms with Crippen LogP contribution in [-0.2, 0) is 6.42 Å². The lowest BCUT2D eigenvalue weighted by atomic mass is 10.1. The van der Waals surface area contributed by atoms with Crippen molar-refractivity contribution in [2.45, 2.75) is 31.9 Å². The van der Waals surface area contributed by atoms with Gasteiger partial charge in [-0.05, 0) is 44.4 Å². The van der Waals surface area contributed by atoms with Gasteiger partial charge in [-0.15, -0.1) is 10.2 Å². The number of thioether (sulfide) groups is 1. The van der Waals surface area contributed by atoms with Gasteiger partial charge in [0.05, 0.1) is 0 Å². The summed E-state index contributed by atoms with van der Waals surface area (Å²) in [4.78, 5) is 0. The zero-order chi connectivity index (χ0) is 16.1. The quantitative estimate of drug-likeness (QED) is 0.468. The first-order valence-corrected chi connectivity index (χ1v) is 8.78. The number of aryl methyl sites for hydroxylation is 3. The summed E-state index contributed by atoms with van der Waals surface area (Å²) >= 11 is 1.62. The molecule has 0 unspecified atom stereocenters. The van der Waals surface area contributed by atoms with Crippen molar-refractivity contribution in [1.29, 1.82) is 0 Å². The lowest BCUT2D eigenvalue weighted by Crippen LogP contribution is -1.87. The molecule has 4 heteroatoms. The molecule has 1 heterocycles. The number of rotatable bonds is 6. The van der Waals surface area contributed by atoms with Gasteiger partial charge >= 0.3 is 0 Å². The third-order valence-corrected chi connectivity index (χ3v) is 4.46. The van der Waals surface area contributed by atoms with Crippen molar-refractivity contribution in [3.63, 3.8) is 0 Å². The topological polar surface area (TPSA) is 38.9 Å². The van der Waals surface area contributed by atoms with Gasteiger partial charge in [0.2, 0.25) is 5.89 Å². The number of hydrogen-bond acceptors (Lipinski definition) is 4. The Kier molecular flexibility index (Phi) is 5.13. The first-order valence-electron chi connectivity index (χ1n) is 7.79. The number of nitrogens with zero attached hydrogens (tertiary/aromatic N) is 2. The molecule has 0 spiro atoms. The van der Waals surface area contributed by atoms with Crippen molar-refractivity contribution in [2.75, 3.05) is 5.75 Å². The normalized spacial score (nSPS) is 10.9. The second kappa shape index (κ2) is 7.47. The first kappa shape index (κ1) is 15.8. The summed E-state index contributed by atoms with van der Waals surface area (Å²) in [5, 5.41) is 8.96.